The van der Waals surface area contributed by atoms with Crippen LogP contribution in [-0.2, 0) is 4.79 Å². The summed E-state index contributed by atoms with van der Waals surface area (Å²) in [4.78, 5) is 30.1. The van der Waals surface area contributed by atoms with Crippen LogP contribution in [0.2, 0.25) is 0 Å². The second-order valence-electron chi connectivity index (χ2n) is 7.33. The van der Waals surface area contributed by atoms with E-state index in [0.29, 0.717) is 42.9 Å². The van der Waals surface area contributed by atoms with Gasteiger partial charge in [-0.1, -0.05) is 0 Å². The number of amides is 1. The number of amidine groups is 1. The Hall–Kier alpha value is -3.76. The molecule has 0 radical (unpaired) electrons. The average Bonchev–Trinajstić information content (AvgIpc) is 3.23. The number of halogens is 1. The van der Waals surface area contributed by atoms with Crippen molar-refractivity contribution in [1.82, 2.24) is 5.32 Å². The van der Waals surface area contributed by atoms with Gasteiger partial charge in [-0.15, -0.1) is 0 Å². The molecule has 0 spiro atoms. The van der Waals surface area contributed by atoms with Crippen LogP contribution in [0.4, 0.5) is 5.69 Å². The van der Waals surface area contributed by atoms with Crippen LogP contribution in [0.3, 0.4) is 0 Å². The van der Waals surface area contributed by atoms with Crippen molar-refractivity contribution in [2.24, 2.45) is 4.99 Å². The monoisotopic (exact) mass is 568 g/mol. The molecule has 36 heavy (non-hydrogen) atoms. The summed E-state index contributed by atoms with van der Waals surface area (Å²) < 4.78 is 21.8. The molecule has 3 aromatic carbocycles. The molecule has 0 atom stereocenters. The summed E-state index contributed by atoms with van der Waals surface area (Å²) in [6.07, 6.45) is 1.71. The van der Waals surface area contributed by atoms with Gasteiger partial charge in [0, 0.05) is 0 Å². The predicted molar refractivity (Wildman–Crippen MR) is 142 cm³/mol. The maximum absolute atomic E-state index is 12.6. The van der Waals surface area contributed by atoms with Crippen molar-refractivity contribution >= 4 is 56.5 Å². The molecule has 0 aromatic heterocycles. The Morgan fingerprint density at radius 3 is 2.19 bits per heavy atom. The van der Waals surface area contributed by atoms with E-state index in [1.165, 1.54) is 18.9 Å². The van der Waals surface area contributed by atoms with Gasteiger partial charge in [0.05, 0.1) is 42.0 Å². The van der Waals surface area contributed by atoms with Crippen molar-refractivity contribution in [3.8, 4) is 23.0 Å². The largest absolute Gasteiger partial charge is 0.497 e. The number of carbonyl (C=O) groups is 2. The van der Waals surface area contributed by atoms with E-state index >= 15 is 0 Å². The number of ether oxygens (including phenoxy) is 4. The molecule has 0 unspecified atom stereocenters. The van der Waals surface area contributed by atoms with E-state index in [4.69, 9.17) is 18.9 Å². The second kappa shape index (κ2) is 11.3. The average molecular weight is 569 g/mol. The second-order valence-corrected chi connectivity index (χ2v) is 9.22. The first kappa shape index (κ1) is 25.3. The lowest BCUT2D eigenvalue weighted by atomic mass is 10.1. The molecule has 1 aliphatic rings. The third-order valence-corrected chi connectivity index (χ3v) is 6.52. The standard InChI is InChI=1S/C26H21BrN2O6S/c1-32-18-8-4-16(5-9-18)25(31)35-23-20(27)12-15(13-21(23)34-3)14-22-24(30)29-26(36-22)28-17-6-10-19(33-2)11-7-17/h4-14H,1-3H3,(H,28,29,30)/b22-14-. The van der Waals surface area contributed by atoms with Gasteiger partial charge < -0.3 is 24.3 Å². The number of nitrogens with one attached hydrogen (secondary N) is 1. The topological polar surface area (TPSA) is 95.5 Å². The molecule has 8 nitrogen and oxygen atoms in total. The van der Waals surface area contributed by atoms with Gasteiger partial charge in [-0.2, -0.15) is 0 Å². The molecule has 10 heteroatoms. The summed E-state index contributed by atoms with van der Waals surface area (Å²) in [6, 6.07) is 17.2. The molecule has 3 aromatic rings. The van der Waals surface area contributed by atoms with E-state index in [-0.39, 0.29) is 11.7 Å². The zero-order valence-corrected chi connectivity index (χ0v) is 21.9. The lowest BCUT2D eigenvalue weighted by molar-refractivity contribution is -0.115. The van der Waals surface area contributed by atoms with Gasteiger partial charge in [0.1, 0.15) is 11.5 Å². The van der Waals surface area contributed by atoms with Crippen molar-refractivity contribution < 1.29 is 28.5 Å². The van der Waals surface area contributed by atoms with E-state index in [0.717, 1.165) is 5.75 Å². The summed E-state index contributed by atoms with van der Waals surface area (Å²) in [5.41, 5.74) is 1.72. The van der Waals surface area contributed by atoms with Gasteiger partial charge in [-0.05, 0) is 100.0 Å². The van der Waals surface area contributed by atoms with Crippen LogP contribution >= 0.6 is 27.7 Å². The van der Waals surface area contributed by atoms with Gasteiger partial charge in [-0.25, -0.2) is 9.79 Å². The molecule has 1 aliphatic heterocycles. The van der Waals surface area contributed by atoms with Gasteiger partial charge in [0.2, 0.25) is 0 Å². The number of rotatable bonds is 7. The molecule has 4 rings (SSSR count). The highest BCUT2D eigenvalue weighted by atomic mass is 79.9. The summed E-state index contributed by atoms with van der Waals surface area (Å²) in [6.45, 7) is 0. The van der Waals surface area contributed by atoms with E-state index in [1.54, 1.807) is 81.0 Å². The molecule has 0 saturated carbocycles. The van der Waals surface area contributed by atoms with Crippen LogP contribution in [0.1, 0.15) is 15.9 Å². The Labute approximate surface area is 220 Å². The molecule has 0 aliphatic carbocycles. The molecule has 1 fully saturated rings. The van der Waals surface area contributed by atoms with Gasteiger partial charge >= 0.3 is 5.97 Å². The maximum atomic E-state index is 12.6. The van der Waals surface area contributed by atoms with Crippen molar-refractivity contribution in [2.75, 3.05) is 21.3 Å². The Kier molecular flexibility index (Phi) is 7.97. The predicted octanol–water partition coefficient (Wildman–Crippen LogP) is 5.59. The maximum Gasteiger partial charge on any atom is 0.343 e. The Morgan fingerprint density at radius 1 is 0.944 bits per heavy atom. The van der Waals surface area contributed by atoms with Crippen LogP contribution in [0, 0.1) is 0 Å². The fourth-order valence-corrected chi connectivity index (χ4v) is 4.59. The minimum absolute atomic E-state index is 0.228. The Morgan fingerprint density at radius 2 is 1.58 bits per heavy atom. The van der Waals surface area contributed by atoms with Crippen LogP contribution in [-0.4, -0.2) is 38.4 Å². The lowest BCUT2D eigenvalue weighted by Crippen LogP contribution is -2.19. The lowest BCUT2D eigenvalue weighted by Gasteiger charge is -2.12. The Bertz CT molecular complexity index is 1350. The van der Waals surface area contributed by atoms with Gasteiger partial charge in [0.15, 0.2) is 16.7 Å². The normalized spacial score (nSPS) is 15.1. The number of thioether (sulfide) groups is 1. The zero-order valence-electron chi connectivity index (χ0n) is 19.5. The van der Waals surface area contributed by atoms with E-state index in [9.17, 15) is 9.59 Å². The van der Waals surface area contributed by atoms with Crippen molar-refractivity contribution in [3.05, 3.63) is 81.2 Å². The van der Waals surface area contributed by atoms with Crippen molar-refractivity contribution in [2.45, 2.75) is 0 Å². The van der Waals surface area contributed by atoms with Crippen LogP contribution in [0.5, 0.6) is 23.0 Å². The van der Waals surface area contributed by atoms with E-state index in [2.05, 4.69) is 26.2 Å². The fraction of sp³-hybridized carbons (Fsp3) is 0.115. The molecule has 1 saturated heterocycles. The smallest absolute Gasteiger partial charge is 0.343 e. The molecule has 1 amide bonds. The summed E-state index contributed by atoms with van der Waals surface area (Å²) in [5, 5.41) is 3.23. The number of hydrogen-bond donors (Lipinski definition) is 1. The number of hydrogen-bond acceptors (Lipinski definition) is 8. The number of methoxy groups -OCH3 is 3. The molecule has 1 heterocycles. The van der Waals surface area contributed by atoms with Crippen LogP contribution in [0.15, 0.2) is 75.0 Å². The van der Waals surface area contributed by atoms with Crippen molar-refractivity contribution in [3.63, 3.8) is 0 Å². The first-order chi connectivity index (χ1) is 17.4. The first-order valence-electron chi connectivity index (χ1n) is 10.6. The minimum atomic E-state index is -0.548. The van der Waals surface area contributed by atoms with E-state index < -0.39 is 5.97 Å². The molecule has 184 valence electrons. The highest BCUT2D eigenvalue weighted by Crippen LogP contribution is 2.39. The third kappa shape index (κ3) is 5.89. The summed E-state index contributed by atoms with van der Waals surface area (Å²) in [5.74, 6) is 1.10. The fourth-order valence-electron chi connectivity index (χ4n) is 3.21. The SMILES string of the molecule is COc1ccc(N=C2NC(=O)/C(=C/c3cc(Br)c(OC(=O)c4ccc(OC)cc4)c(OC)c3)S2)cc1. The molecular formula is C26H21BrN2O6S. The summed E-state index contributed by atoms with van der Waals surface area (Å²) >= 11 is 4.67. The molecule has 0 bridgehead atoms. The van der Waals surface area contributed by atoms with E-state index in [1.807, 2.05) is 0 Å². The highest BCUT2D eigenvalue weighted by Gasteiger charge is 2.24. The minimum Gasteiger partial charge on any atom is -0.497 e. The first-order valence-corrected chi connectivity index (χ1v) is 12.2. The summed E-state index contributed by atoms with van der Waals surface area (Å²) in [7, 11) is 4.62. The van der Waals surface area contributed by atoms with Gasteiger partial charge in [0.25, 0.3) is 5.91 Å². The molecule has 1 N–H and O–H groups in total. The van der Waals surface area contributed by atoms with Crippen molar-refractivity contribution in [1.29, 1.82) is 0 Å². The number of nitrogens with zero attached hydrogens (tertiary/aromatic N) is 1. The van der Waals surface area contributed by atoms with Crippen LogP contribution < -0.4 is 24.3 Å². The third-order valence-electron chi connectivity index (χ3n) is 5.02. The number of carbonyl (C=O) groups excluding carboxylic acids is 2. The quantitative estimate of drug-likeness (QED) is 0.225. The van der Waals surface area contributed by atoms with Crippen LogP contribution in [0.25, 0.3) is 6.08 Å². The highest BCUT2D eigenvalue weighted by molar-refractivity contribution is 9.10. The number of aliphatic imine (C=N–C) groups is 1. The van der Waals surface area contributed by atoms with Gasteiger partial charge in [-0.3, -0.25) is 4.79 Å². The zero-order chi connectivity index (χ0) is 25.7. The molecular weight excluding hydrogens is 548 g/mol. The number of benzene rings is 3. The number of esters is 1. The Balaban J connectivity index is 1.53.